The monoisotopic (exact) mass is 311 g/mol. The number of H-pyrrole nitrogens is 1. The molecule has 0 fully saturated rings. The summed E-state index contributed by atoms with van der Waals surface area (Å²) in [5, 5.41) is 0.241. The number of aromatic nitrogens is 1. The van der Waals surface area contributed by atoms with E-state index in [4.69, 9.17) is 10.7 Å². The average Bonchev–Trinajstić information content (AvgIpc) is 2.54. The normalized spacial score (nSPS) is 12.2. The second kappa shape index (κ2) is 3.47. The standard InChI is InChI=1S/C8H4BrClFNO2S/c9-5-2-1-4-6(15(10,13)14)3-12-8(4)7(5)11/h1-3,12H. The quantitative estimate of drug-likeness (QED) is 0.823. The van der Waals surface area contributed by atoms with Gasteiger partial charge in [0, 0.05) is 22.3 Å². The summed E-state index contributed by atoms with van der Waals surface area (Å²) in [5.41, 5.74) is 0.114. The van der Waals surface area contributed by atoms with E-state index in [-0.39, 0.29) is 20.3 Å². The summed E-state index contributed by atoms with van der Waals surface area (Å²) >= 11 is 3.00. The van der Waals surface area contributed by atoms with Crippen molar-refractivity contribution in [3.05, 3.63) is 28.6 Å². The van der Waals surface area contributed by atoms with Gasteiger partial charge in [-0.2, -0.15) is 0 Å². The van der Waals surface area contributed by atoms with Crippen LogP contribution in [0.5, 0.6) is 0 Å². The highest BCUT2D eigenvalue weighted by Gasteiger charge is 2.18. The molecule has 1 heterocycles. The first-order chi connectivity index (χ1) is 6.91. The molecule has 80 valence electrons. The van der Waals surface area contributed by atoms with Crippen LogP contribution in [0.1, 0.15) is 0 Å². The lowest BCUT2D eigenvalue weighted by Crippen LogP contribution is -1.88. The second-order valence-corrected chi connectivity index (χ2v) is 6.26. The van der Waals surface area contributed by atoms with E-state index in [1.165, 1.54) is 18.3 Å². The summed E-state index contributed by atoms with van der Waals surface area (Å²) in [6, 6.07) is 2.91. The van der Waals surface area contributed by atoms with E-state index in [2.05, 4.69) is 20.9 Å². The summed E-state index contributed by atoms with van der Waals surface area (Å²) < 4.78 is 36.0. The van der Waals surface area contributed by atoms with Crippen LogP contribution >= 0.6 is 26.6 Å². The van der Waals surface area contributed by atoms with Crippen LogP contribution in [0.25, 0.3) is 10.9 Å². The smallest absolute Gasteiger partial charge is 0.263 e. The minimum absolute atomic E-state index is 0.114. The van der Waals surface area contributed by atoms with E-state index >= 15 is 0 Å². The van der Waals surface area contributed by atoms with E-state index in [0.717, 1.165) is 0 Å². The SMILES string of the molecule is O=S(=O)(Cl)c1c[nH]c2c(F)c(Br)ccc12. The lowest BCUT2D eigenvalue weighted by Gasteiger charge is -1.96. The lowest BCUT2D eigenvalue weighted by atomic mass is 10.2. The molecular weight excluding hydrogens is 309 g/mol. The van der Waals surface area contributed by atoms with Crippen LogP contribution in [0.4, 0.5) is 4.39 Å². The van der Waals surface area contributed by atoms with E-state index < -0.39 is 14.9 Å². The van der Waals surface area contributed by atoms with Gasteiger partial charge < -0.3 is 4.98 Å². The van der Waals surface area contributed by atoms with Crippen molar-refractivity contribution in [1.82, 2.24) is 4.98 Å². The van der Waals surface area contributed by atoms with E-state index in [9.17, 15) is 12.8 Å². The molecule has 0 aliphatic rings. The van der Waals surface area contributed by atoms with Crippen LogP contribution in [0.2, 0.25) is 0 Å². The van der Waals surface area contributed by atoms with Crippen molar-refractivity contribution < 1.29 is 12.8 Å². The predicted octanol–water partition coefficient (Wildman–Crippen LogP) is 3.00. The van der Waals surface area contributed by atoms with Gasteiger partial charge in [-0.3, -0.25) is 0 Å². The molecule has 15 heavy (non-hydrogen) atoms. The number of rotatable bonds is 1. The minimum Gasteiger partial charge on any atom is -0.357 e. The van der Waals surface area contributed by atoms with Crippen LogP contribution in [-0.4, -0.2) is 13.4 Å². The van der Waals surface area contributed by atoms with Crippen LogP contribution in [0, 0.1) is 5.82 Å². The molecule has 0 atom stereocenters. The van der Waals surface area contributed by atoms with E-state index in [1.807, 2.05) is 0 Å². The first kappa shape index (κ1) is 10.9. The molecule has 0 spiro atoms. The number of benzene rings is 1. The molecule has 0 saturated heterocycles. The molecule has 0 aliphatic carbocycles. The van der Waals surface area contributed by atoms with Crippen LogP contribution in [-0.2, 0) is 9.05 Å². The number of halogens is 3. The number of aromatic amines is 1. The topological polar surface area (TPSA) is 49.9 Å². The van der Waals surface area contributed by atoms with Crippen molar-refractivity contribution in [1.29, 1.82) is 0 Å². The predicted molar refractivity (Wildman–Crippen MR) is 59.0 cm³/mol. The molecule has 0 bridgehead atoms. The maximum atomic E-state index is 13.5. The summed E-state index contributed by atoms with van der Waals surface area (Å²) in [6.45, 7) is 0. The Morgan fingerprint density at radius 3 is 2.67 bits per heavy atom. The van der Waals surface area contributed by atoms with Gasteiger partial charge in [-0.05, 0) is 22.0 Å². The van der Waals surface area contributed by atoms with Crippen LogP contribution < -0.4 is 0 Å². The molecule has 0 saturated carbocycles. The zero-order chi connectivity index (χ0) is 11.2. The highest BCUT2D eigenvalue weighted by molar-refractivity contribution is 9.10. The third-order valence-electron chi connectivity index (χ3n) is 1.97. The third-order valence-corrected chi connectivity index (χ3v) is 3.94. The molecule has 0 radical (unpaired) electrons. The van der Waals surface area contributed by atoms with Crippen molar-refractivity contribution in [3.63, 3.8) is 0 Å². The molecule has 0 unspecified atom stereocenters. The fourth-order valence-electron chi connectivity index (χ4n) is 1.31. The zero-order valence-corrected chi connectivity index (χ0v) is 10.2. The number of fused-ring (bicyclic) bond motifs is 1. The van der Waals surface area contributed by atoms with E-state index in [0.29, 0.717) is 0 Å². The molecule has 1 N–H and O–H groups in total. The Labute approximate surface area is 97.8 Å². The van der Waals surface area contributed by atoms with E-state index in [1.54, 1.807) is 0 Å². The van der Waals surface area contributed by atoms with Crippen molar-refractivity contribution in [2.75, 3.05) is 0 Å². The number of hydrogen-bond acceptors (Lipinski definition) is 2. The highest BCUT2D eigenvalue weighted by Crippen LogP contribution is 2.30. The molecule has 1 aromatic heterocycles. The summed E-state index contributed by atoms with van der Waals surface area (Å²) in [4.78, 5) is 2.42. The first-order valence-corrected chi connectivity index (χ1v) is 6.91. The van der Waals surface area contributed by atoms with Gasteiger partial charge in [0.1, 0.15) is 4.90 Å². The van der Waals surface area contributed by atoms with Gasteiger partial charge in [0.15, 0.2) is 5.82 Å². The van der Waals surface area contributed by atoms with Gasteiger partial charge in [-0.25, -0.2) is 12.8 Å². The van der Waals surface area contributed by atoms with Crippen molar-refractivity contribution in [2.45, 2.75) is 4.90 Å². The van der Waals surface area contributed by atoms with Crippen LogP contribution in [0.3, 0.4) is 0 Å². The van der Waals surface area contributed by atoms with Crippen molar-refractivity contribution >= 4 is 46.6 Å². The number of nitrogens with one attached hydrogen (secondary N) is 1. The maximum Gasteiger partial charge on any atom is 0.263 e. The summed E-state index contributed by atoms with van der Waals surface area (Å²) in [7, 11) is 1.33. The maximum absolute atomic E-state index is 13.5. The van der Waals surface area contributed by atoms with Gasteiger partial charge in [-0.1, -0.05) is 6.07 Å². The Morgan fingerprint density at radius 2 is 2.07 bits per heavy atom. The van der Waals surface area contributed by atoms with Gasteiger partial charge >= 0.3 is 0 Å². The number of hydrogen-bond donors (Lipinski definition) is 1. The molecule has 7 heteroatoms. The van der Waals surface area contributed by atoms with Crippen molar-refractivity contribution in [3.8, 4) is 0 Å². The van der Waals surface area contributed by atoms with Gasteiger partial charge in [0.05, 0.1) is 9.99 Å². The lowest BCUT2D eigenvalue weighted by molar-refractivity contribution is 0.610. The minimum atomic E-state index is -3.86. The molecular formula is C8H4BrClFNO2S. The van der Waals surface area contributed by atoms with Gasteiger partial charge in [0.25, 0.3) is 9.05 Å². The van der Waals surface area contributed by atoms with Crippen molar-refractivity contribution in [2.24, 2.45) is 0 Å². The molecule has 2 aromatic rings. The largest absolute Gasteiger partial charge is 0.357 e. The van der Waals surface area contributed by atoms with Crippen LogP contribution in [0.15, 0.2) is 27.7 Å². The average molecular weight is 313 g/mol. The zero-order valence-electron chi connectivity index (χ0n) is 7.09. The van der Waals surface area contributed by atoms with Gasteiger partial charge in [-0.15, -0.1) is 0 Å². The first-order valence-electron chi connectivity index (χ1n) is 3.81. The fraction of sp³-hybridized carbons (Fsp3) is 0. The Balaban J connectivity index is 2.90. The fourth-order valence-corrected chi connectivity index (χ4v) is 2.66. The molecule has 1 aromatic carbocycles. The molecule has 3 nitrogen and oxygen atoms in total. The molecule has 2 rings (SSSR count). The highest BCUT2D eigenvalue weighted by atomic mass is 79.9. The molecule has 0 amide bonds. The Bertz CT molecular complexity index is 637. The summed E-state index contributed by atoms with van der Waals surface area (Å²) in [5.74, 6) is -0.543. The second-order valence-electron chi connectivity index (χ2n) is 2.87. The Kier molecular flexibility index (Phi) is 2.52. The summed E-state index contributed by atoms with van der Waals surface area (Å²) in [6.07, 6.45) is 1.17. The van der Waals surface area contributed by atoms with Gasteiger partial charge in [0.2, 0.25) is 0 Å². The third kappa shape index (κ3) is 1.77. The molecule has 0 aliphatic heterocycles. The Hall–Kier alpha value is -0.590. The Morgan fingerprint density at radius 1 is 1.40 bits per heavy atom.